The van der Waals surface area contributed by atoms with Gasteiger partial charge >= 0.3 is 6.18 Å². The SMILES string of the molecule is CN1CCC(C(=O)N2CCc3ccc(Oc4ccc(C(F)(F)F)c(F)c4)cc3C2)CC1. The minimum Gasteiger partial charge on any atom is -0.457 e. The number of rotatable bonds is 3. The fourth-order valence-corrected chi connectivity index (χ4v) is 4.22. The van der Waals surface area contributed by atoms with Crippen LogP contribution in [0.3, 0.4) is 0 Å². The summed E-state index contributed by atoms with van der Waals surface area (Å²) in [7, 11) is 2.06. The lowest BCUT2D eigenvalue weighted by atomic mass is 9.93. The quantitative estimate of drug-likeness (QED) is 0.644. The molecule has 0 spiro atoms. The summed E-state index contributed by atoms with van der Waals surface area (Å²) in [5.41, 5.74) is 0.726. The maximum Gasteiger partial charge on any atom is 0.419 e. The van der Waals surface area contributed by atoms with Gasteiger partial charge < -0.3 is 14.5 Å². The van der Waals surface area contributed by atoms with Crippen molar-refractivity contribution in [1.29, 1.82) is 0 Å². The molecule has 0 radical (unpaired) electrons. The number of hydrogen-bond acceptors (Lipinski definition) is 3. The third kappa shape index (κ3) is 4.84. The molecule has 0 unspecified atom stereocenters. The molecule has 166 valence electrons. The van der Waals surface area contributed by atoms with Gasteiger partial charge in [-0.25, -0.2) is 4.39 Å². The van der Waals surface area contributed by atoms with Gasteiger partial charge in [0.2, 0.25) is 5.91 Å². The number of nitrogens with zero attached hydrogens (tertiary/aromatic N) is 2. The normalized spacial score (nSPS) is 18.0. The van der Waals surface area contributed by atoms with Crippen molar-refractivity contribution in [2.24, 2.45) is 5.92 Å². The first-order valence-corrected chi connectivity index (χ1v) is 10.3. The first kappa shape index (κ1) is 21.6. The van der Waals surface area contributed by atoms with Crippen LogP contribution in [-0.4, -0.2) is 42.4 Å². The second-order valence-corrected chi connectivity index (χ2v) is 8.26. The molecule has 31 heavy (non-hydrogen) atoms. The number of piperidine rings is 1. The highest BCUT2D eigenvalue weighted by atomic mass is 19.4. The number of benzene rings is 2. The van der Waals surface area contributed by atoms with E-state index in [4.69, 9.17) is 4.74 Å². The summed E-state index contributed by atoms with van der Waals surface area (Å²) in [5.74, 6) is -0.771. The zero-order valence-corrected chi connectivity index (χ0v) is 17.2. The number of carbonyl (C=O) groups is 1. The monoisotopic (exact) mass is 436 g/mol. The summed E-state index contributed by atoms with van der Waals surface area (Å²) in [4.78, 5) is 17.0. The Morgan fingerprint density at radius 2 is 1.68 bits per heavy atom. The Labute approximate surface area is 178 Å². The van der Waals surface area contributed by atoms with Crippen LogP contribution in [0.2, 0.25) is 0 Å². The van der Waals surface area contributed by atoms with Gasteiger partial charge in [0, 0.05) is 25.1 Å². The Kier molecular flexibility index (Phi) is 5.92. The second-order valence-electron chi connectivity index (χ2n) is 8.26. The molecule has 2 aliphatic rings. The summed E-state index contributed by atoms with van der Waals surface area (Å²) < 4.78 is 57.6. The van der Waals surface area contributed by atoms with Gasteiger partial charge in [0.1, 0.15) is 17.3 Å². The smallest absolute Gasteiger partial charge is 0.419 e. The Morgan fingerprint density at radius 3 is 2.35 bits per heavy atom. The van der Waals surface area contributed by atoms with E-state index in [0.29, 0.717) is 24.9 Å². The van der Waals surface area contributed by atoms with Gasteiger partial charge in [-0.05, 0) is 74.8 Å². The molecule has 0 saturated carbocycles. The Hall–Kier alpha value is -2.61. The number of amides is 1. The van der Waals surface area contributed by atoms with E-state index >= 15 is 0 Å². The first-order chi connectivity index (χ1) is 14.7. The number of alkyl halides is 3. The van der Waals surface area contributed by atoms with E-state index in [-0.39, 0.29) is 17.6 Å². The molecular weight excluding hydrogens is 412 g/mol. The molecule has 8 heteroatoms. The topological polar surface area (TPSA) is 32.8 Å². The highest BCUT2D eigenvalue weighted by Gasteiger charge is 2.34. The Morgan fingerprint density at radius 1 is 1.00 bits per heavy atom. The van der Waals surface area contributed by atoms with Crippen molar-refractivity contribution in [3.05, 3.63) is 58.9 Å². The van der Waals surface area contributed by atoms with E-state index < -0.39 is 17.6 Å². The summed E-state index contributed by atoms with van der Waals surface area (Å²) in [5, 5.41) is 0. The number of fused-ring (bicyclic) bond motifs is 1. The van der Waals surface area contributed by atoms with Gasteiger partial charge in [-0.3, -0.25) is 4.79 Å². The van der Waals surface area contributed by atoms with Crippen molar-refractivity contribution in [3.63, 3.8) is 0 Å². The average Bonchev–Trinajstić information content (AvgIpc) is 2.72. The molecular formula is C23H24F4N2O2. The highest BCUT2D eigenvalue weighted by Crippen LogP contribution is 2.34. The summed E-state index contributed by atoms with van der Waals surface area (Å²) >= 11 is 0. The molecule has 2 aromatic rings. The second kappa shape index (κ2) is 8.49. The van der Waals surface area contributed by atoms with E-state index in [1.807, 2.05) is 11.0 Å². The number of hydrogen-bond donors (Lipinski definition) is 0. The van der Waals surface area contributed by atoms with Gasteiger partial charge in [0.15, 0.2) is 0 Å². The standard InChI is InChI=1S/C23H24F4N2O2/c1-28-9-6-16(7-10-28)22(30)29-11-8-15-2-3-18(12-17(15)14-29)31-19-4-5-20(21(24)13-19)23(25,26)27/h2-5,12-13,16H,6-11,14H2,1H3. The molecule has 2 aliphatic heterocycles. The first-order valence-electron chi connectivity index (χ1n) is 10.3. The van der Waals surface area contributed by atoms with E-state index in [9.17, 15) is 22.4 Å². The minimum atomic E-state index is -4.75. The predicted molar refractivity (Wildman–Crippen MR) is 107 cm³/mol. The molecule has 1 amide bonds. The predicted octanol–water partition coefficient (Wildman–Crippen LogP) is 4.86. The van der Waals surface area contributed by atoms with Crippen molar-refractivity contribution in [1.82, 2.24) is 9.80 Å². The number of likely N-dealkylation sites (tertiary alicyclic amines) is 1. The van der Waals surface area contributed by atoms with E-state index in [1.54, 1.807) is 12.1 Å². The van der Waals surface area contributed by atoms with Crippen LogP contribution in [0, 0.1) is 11.7 Å². The van der Waals surface area contributed by atoms with Crippen molar-refractivity contribution < 1.29 is 27.1 Å². The van der Waals surface area contributed by atoms with Crippen LogP contribution in [0.1, 0.15) is 29.5 Å². The minimum absolute atomic E-state index is 0.0134. The van der Waals surface area contributed by atoms with E-state index in [2.05, 4.69) is 11.9 Å². The molecule has 0 bridgehead atoms. The van der Waals surface area contributed by atoms with Gasteiger partial charge in [-0.1, -0.05) is 6.07 Å². The fraction of sp³-hybridized carbons (Fsp3) is 0.435. The summed E-state index contributed by atoms with van der Waals surface area (Å²) in [6, 6.07) is 7.88. The lowest BCUT2D eigenvalue weighted by Crippen LogP contribution is -2.43. The Bertz CT molecular complexity index is 969. The zero-order valence-electron chi connectivity index (χ0n) is 17.2. The van der Waals surface area contributed by atoms with Crippen LogP contribution in [0.5, 0.6) is 11.5 Å². The molecule has 0 atom stereocenters. The van der Waals surface area contributed by atoms with Crippen LogP contribution in [0.25, 0.3) is 0 Å². The van der Waals surface area contributed by atoms with Crippen molar-refractivity contribution in [2.45, 2.75) is 32.0 Å². The highest BCUT2D eigenvalue weighted by molar-refractivity contribution is 5.79. The molecule has 2 aromatic carbocycles. The van der Waals surface area contributed by atoms with Gasteiger partial charge in [-0.2, -0.15) is 13.2 Å². The Balaban J connectivity index is 1.46. The molecule has 0 N–H and O–H groups in total. The van der Waals surface area contributed by atoms with Crippen LogP contribution in [0.4, 0.5) is 17.6 Å². The lowest BCUT2D eigenvalue weighted by Gasteiger charge is -2.35. The van der Waals surface area contributed by atoms with Crippen LogP contribution in [0.15, 0.2) is 36.4 Å². The number of ether oxygens (including phenoxy) is 1. The third-order valence-corrected chi connectivity index (χ3v) is 6.05. The lowest BCUT2D eigenvalue weighted by molar-refractivity contribution is -0.140. The largest absolute Gasteiger partial charge is 0.457 e. The molecule has 2 heterocycles. The molecule has 1 fully saturated rings. The van der Waals surface area contributed by atoms with Gasteiger partial charge in [0.05, 0.1) is 5.56 Å². The fourth-order valence-electron chi connectivity index (χ4n) is 4.22. The zero-order chi connectivity index (χ0) is 22.2. The van der Waals surface area contributed by atoms with E-state index in [0.717, 1.165) is 55.6 Å². The summed E-state index contributed by atoms with van der Waals surface area (Å²) in [6.07, 6.45) is -2.29. The molecule has 4 nitrogen and oxygen atoms in total. The molecule has 4 rings (SSSR count). The van der Waals surface area contributed by atoms with Crippen LogP contribution >= 0.6 is 0 Å². The number of halogens is 4. The van der Waals surface area contributed by atoms with Crippen LogP contribution in [-0.2, 0) is 23.9 Å². The maximum absolute atomic E-state index is 13.8. The van der Waals surface area contributed by atoms with Crippen molar-refractivity contribution >= 4 is 5.91 Å². The van der Waals surface area contributed by atoms with Gasteiger partial charge in [-0.15, -0.1) is 0 Å². The molecule has 0 aliphatic carbocycles. The summed E-state index contributed by atoms with van der Waals surface area (Å²) in [6.45, 7) is 2.98. The maximum atomic E-state index is 13.8. The molecule has 1 saturated heterocycles. The van der Waals surface area contributed by atoms with Crippen LogP contribution < -0.4 is 4.74 Å². The number of carbonyl (C=O) groups excluding carboxylic acids is 1. The third-order valence-electron chi connectivity index (χ3n) is 6.05. The van der Waals surface area contributed by atoms with Crippen molar-refractivity contribution in [3.8, 4) is 11.5 Å². The van der Waals surface area contributed by atoms with E-state index in [1.165, 1.54) is 0 Å². The average molecular weight is 436 g/mol. The van der Waals surface area contributed by atoms with Gasteiger partial charge in [0.25, 0.3) is 0 Å². The molecule has 0 aromatic heterocycles. The van der Waals surface area contributed by atoms with Crippen molar-refractivity contribution in [2.75, 3.05) is 26.7 Å².